The van der Waals surface area contributed by atoms with E-state index in [4.69, 9.17) is 23.2 Å². The van der Waals surface area contributed by atoms with Crippen LogP contribution in [0.25, 0.3) is 0 Å². The van der Waals surface area contributed by atoms with E-state index in [9.17, 15) is 10.1 Å². The second kappa shape index (κ2) is 5.91. The van der Waals surface area contributed by atoms with Gasteiger partial charge in [0, 0.05) is 23.2 Å². The Bertz CT molecular complexity index is 617. The van der Waals surface area contributed by atoms with Gasteiger partial charge in [-0.1, -0.05) is 41.4 Å². The molecule has 0 heterocycles. The van der Waals surface area contributed by atoms with Crippen molar-refractivity contribution >= 4 is 34.6 Å². The van der Waals surface area contributed by atoms with Crippen LogP contribution in [-0.2, 0) is 6.54 Å². The van der Waals surface area contributed by atoms with Crippen molar-refractivity contribution in [2.24, 2.45) is 0 Å². The fourth-order valence-electron chi connectivity index (χ4n) is 1.66. The number of nitrogens with zero attached hydrogens (tertiary/aromatic N) is 1. The molecule has 2 aromatic carbocycles. The molecule has 6 heteroatoms. The van der Waals surface area contributed by atoms with Crippen LogP contribution in [0.3, 0.4) is 0 Å². The third-order valence-electron chi connectivity index (χ3n) is 2.59. The van der Waals surface area contributed by atoms with Crippen LogP contribution >= 0.6 is 23.2 Å². The fourth-order valence-corrected chi connectivity index (χ4v) is 2.14. The topological polar surface area (TPSA) is 55.2 Å². The molecule has 19 heavy (non-hydrogen) atoms. The first-order valence-electron chi connectivity index (χ1n) is 5.49. The average molecular weight is 297 g/mol. The van der Waals surface area contributed by atoms with Gasteiger partial charge in [0.1, 0.15) is 0 Å². The van der Waals surface area contributed by atoms with E-state index in [0.717, 1.165) is 0 Å². The molecule has 0 atom stereocenters. The molecule has 1 N–H and O–H groups in total. The minimum atomic E-state index is -0.402. The molecule has 2 rings (SSSR count). The van der Waals surface area contributed by atoms with Gasteiger partial charge in [0.05, 0.1) is 15.6 Å². The molecule has 0 unspecified atom stereocenters. The molecule has 0 aliphatic carbocycles. The zero-order valence-corrected chi connectivity index (χ0v) is 11.3. The Morgan fingerprint density at radius 1 is 1.16 bits per heavy atom. The molecule has 2 aromatic rings. The predicted molar refractivity (Wildman–Crippen MR) is 76.9 cm³/mol. The van der Waals surface area contributed by atoms with E-state index >= 15 is 0 Å². The van der Waals surface area contributed by atoms with Crippen molar-refractivity contribution in [3.8, 4) is 0 Å². The third-order valence-corrected chi connectivity index (χ3v) is 3.14. The van der Waals surface area contributed by atoms with E-state index in [1.165, 1.54) is 6.07 Å². The summed E-state index contributed by atoms with van der Waals surface area (Å²) >= 11 is 11.8. The number of para-hydroxylation sites is 1. The van der Waals surface area contributed by atoms with Crippen LogP contribution in [0.15, 0.2) is 42.5 Å². The van der Waals surface area contributed by atoms with Gasteiger partial charge in [0.2, 0.25) is 0 Å². The van der Waals surface area contributed by atoms with Crippen LogP contribution in [0.2, 0.25) is 10.0 Å². The maximum absolute atomic E-state index is 10.9. The van der Waals surface area contributed by atoms with Crippen molar-refractivity contribution in [2.75, 3.05) is 5.32 Å². The summed E-state index contributed by atoms with van der Waals surface area (Å²) in [5.74, 6) is 0. The van der Waals surface area contributed by atoms with Crippen LogP contribution in [-0.4, -0.2) is 4.92 Å². The van der Waals surface area contributed by atoms with Gasteiger partial charge in [-0.2, -0.15) is 0 Å². The van der Waals surface area contributed by atoms with E-state index in [1.54, 1.807) is 36.4 Å². The summed E-state index contributed by atoms with van der Waals surface area (Å²) in [6, 6.07) is 11.6. The molecule has 4 nitrogen and oxygen atoms in total. The minimum Gasteiger partial charge on any atom is -0.379 e. The molecule has 0 saturated carbocycles. The number of hydrogen-bond donors (Lipinski definition) is 1. The van der Waals surface area contributed by atoms with E-state index in [0.29, 0.717) is 27.8 Å². The standard InChI is InChI=1S/C13H10Cl2N2O2/c14-10-5-6-12(11(15)7-10)16-8-9-3-1-2-4-13(9)17(18)19/h1-7,16H,8H2. The molecule has 0 bridgehead atoms. The van der Waals surface area contributed by atoms with Crippen LogP contribution in [0.1, 0.15) is 5.56 Å². The van der Waals surface area contributed by atoms with Gasteiger partial charge in [-0.25, -0.2) is 0 Å². The van der Waals surface area contributed by atoms with Gasteiger partial charge in [0.25, 0.3) is 5.69 Å². The maximum Gasteiger partial charge on any atom is 0.274 e. The zero-order valence-electron chi connectivity index (χ0n) is 9.77. The second-order valence-corrected chi connectivity index (χ2v) is 4.71. The summed E-state index contributed by atoms with van der Waals surface area (Å²) in [4.78, 5) is 10.5. The fraction of sp³-hybridized carbons (Fsp3) is 0.0769. The van der Waals surface area contributed by atoms with Crippen LogP contribution < -0.4 is 5.32 Å². The molecular formula is C13H10Cl2N2O2. The Kier molecular flexibility index (Phi) is 4.24. The zero-order chi connectivity index (χ0) is 13.8. The molecule has 98 valence electrons. The lowest BCUT2D eigenvalue weighted by Crippen LogP contribution is -2.03. The van der Waals surface area contributed by atoms with Crippen molar-refractivity contribution in [1.29, 1.82) is 0 Å². The highest BCUT2D eigenvalue weighted by Gasteiger charge is 2.12. The summed E-state index contributed by atoms with van der Waals surface area (Å²) in [6.07, 6.45) is 0. The summed E-state index contributed by atoms with van der Waals surface area (Å²) in [5.41, 5.74) is 1.36. The Morgan fingerprint density at radius 3 is 2.58 bits per heavy atom. The average Bonchev–Trinajstić information content (AvgIpc) is 2.38. The molecule has 0 spiro atoms. The molecule has 0 amide bonds. The molecule has 0 saturated heterocycles. The van der Waals surface area contributed by atoms with Crippen LogP contribution in [0, 0.1) is 10.1 Å². The Balaban J connectivity index is 2.17. The first-order chi connectivity index (χ1) is 9.08. The molecule has 0 aliphatic heterocycles. The lowest BCUT2D eigenvalue weighted by molar-refractivity contribution is -0.385. The highest BCUT2D eigenvalue weighted by atomic mass is 35.5. The first kappa shape index (κ1) is 13.6. The van der Waals surface area contributed by atoms with Gasteiger partial charge in [-0.05, 0) is 18.2 Å². The first-order valence-corrected chi connectivity index (χ1v) is 6.25. The Labute approximate surface area is 120 Å². The number of halogens is 2. The number of rotatable bonds is 4. The summed E-state index contributed by atoms with van der Waals surface area (Å²) in [6.45, 7) is 0.318. The second-order valence-electron chi connectivity index (χ2n) is 3.86. The number of nitrogens with one attached hydrogen (secondary N) is 1. The quantitative estimate of drug-likeness (QED) is 0.667. The van der Waals surface area contributed by atoms with Gasteiger partial charge in [0.15, 0.2) is 0 Å². The lowest BCUT2D eigenvalue weighted by Gasteiger charge is -2.09. The highest BCUT2D eigenvalue weighted by Crippen LogP contribution is 2.26. The monoisotopic (exact) mass is 296 g/mol. The van der Waals surface area contributed by atoms with Gasteiger partial charge in [-0.3, -0.25) is 10.1 Å². The number of nitro groups is 1. The normalized spacial score (nSPS) is 10.2. The third kappa shape index (κ3) is 3.36. The smallest absolute Gasteiger partial charge is 0.274 e. The van der Waals surface area contributed by atoms with Gasteiger partial charge in [-0.15, -0.1) is 0 Å². The van der Waals surface area contributed by atoms with Crippen molar-refractivity contribution in [3.63, 3.8) is 0 Å². The summed E-state index contributed by atoms with van der Waals surface area (Å²) in [5, 5.41) is 15.0. The minimum absolute atomic E-state index is 0.0834. The van der Waals surface area contributed by atoms with Crippen molar-refractivity contribution < 1.29 is 4.92 Å². The van der Waals surface area contributed by atoms with Crippen molar-refractivity contribution in [2.45, 2.75) is 6.54 Å². The largest absolute Gasteiger partial charge is 0.379 e. The molecule has 0 fully saturated rings. The number of benzene rings is 2. The Morgan fingerprint density at radius 2 is 1.89 bits per heavy atom. The predicted octanol–water partition coefficient (Wildman–Crippen LogP) is 4.51. The highest BCUT2D eigenvalue weighted by molar-refractivity contribution is 6.36. The Hall–Kier alpha value is -1.78. The van der Waals surface area contributed by atoms with Crippen molar-refractivity contribution in [3.05, 3.63) is 68.2 Å². The van der Waals surface area contributed by atoms with Gasteiger partial charge >= 0.3 is 0 Å². The molecule has 0 aromatic heterocycles. The molecule has 0 aliphatic rings. The van der Waals surface area contributed by atoms with E-state index in [1.807, 2.05) is 0 Å². The SMILES string of the molecule is O=[N+]([O-])c1ccccc1CNc1ccc(Cl)cc1Cl. The van der Waals surface area contributed by atoms with Crippen LogP contribution in [0.4, 0.5) is 11.4 Å². The summed E-state index contributed by atoms with van der Waals surface area (Å²) < 4.78 is 0. The van der Waals surface area contributed by atoms with Crippen molar-refractivity contribution in [1.82, 2.24) is 0 Å². The number of hydrogen-bond acceptors (Lipinski definition) is 3. The van der Waals surface area contributed by atoms with Crippen LogP contribution in [0.5, 0.6) is 0 Å². The van der Waals surface area contributed by atoms with E-state index in [2.05, 4.69) is 5.32 Å². The number of anilines is 1. The van der Waals surface area contributed by atoms with Gasteiger partial charge < -0.3 is 5.32 Å². The summed E-state index contributed by atoms with van der Waals surface area (Å²) in [7, 11) is 0. The maximum atomic E-state index is 10.9. The lowest BCUT2D eigenvalue weighted by atomic mass is 10.2. The molecule has 0 radical (unpaired) electrons. The molecular weight excluding hydrogens is 287 g/mol. The van der Waals surface area contributed by atoms with E-state index in [-0.39, 0.29) is 5.69 Å². The van der Waals surface area contributed by atoms with E-state index < -0.39 is 4.92 Å². The number of nitro benzene ring substituents is 1.